The highest BCUT2D eigenvalue weighted by Crippen LogP contribution is 2.31. The Kier molecular flexibility index (Phi) is 3.55. The van der Waals surface area contributed by atoms with Crippen LogP contribution in [0.25, 0.3) is 10.4 Å². The van der Waals surface area contributed by atoms with Gasteiger partial charge in [0.2, 0.25) is 0 Å². The Hall–Kier alpha value is -1.18. The van der Waals surface area contributed by atoms with Crippen LogP contribution in [0, 0.1) is 0 Å². The van der Waals surface area contributed by atoms with Crippen LogP contribution in [0.4, 0.5) is 0 Å². The Morgan fingerprint density at radius 1 is 0.789 bits per heavy atom. The molecule has 2 aromatic rings. The topological polar surface area (TPSA) is 68.3 Å². The van der Waals surface area contributed by atoms with Crippen LogP contribution in [0.2, 0.25) is 0 Å². The largest absolute Gasteiger partial charge is 0.224 e. The van der Waals surface area contributed by atoms with Crippen LogP contribution in [-0.4, -0.2) is 29.3 Å². The maximum Gasteiger partial charge on any atom is 0.184 e. The molecule has 0 spiro atoms. The Morgan fingerprint density at radius 3 is 1.79 bits per heavy atom. The lowest BCUT2D eigenvalue weighted by Crippen LogP contribution is -1.95. The predicted molar refractivity (Wildman–Crippen MR) is 76.0 cm³/mol. The lowest BCUT2D eigenvalue weighted by molar-refractivity contribution is 0.601. The molecule has 0 fully saturated rings. The minimum absolute atomic E-state index is 0.246. The minimum Gasteiger partial charge on any atom is -0.224 e. The second-order valence-electron chi connectivity index (χ2n) is 4.19. The zero-order valence-corrected chi connectivity index (χ0v) is 12.8. The van der Waals surface area contributed by atoms with Crippen LogP contribution >= 0.6 is 11.3 Å². The minimum atomic E-state index is -3.21. The molecule has 0 atom stereocenters. The smallest absolute Gasteiger partial charge is 0.184 e. The molecule has 2 rings (SSSR count). The standard InChI is InChI=1S/C12H12O4S3/c1-18(13,14)10-5-3-9(4-6-10)11-7-8-12(17-11)19(2,15)16/h3-8H,1-2H3. The van der Waals surface area contributed by atoms with Gasteiger partial charge in [-0.1, -0.05) is 12.1 Å². The van der Waals surface area contributed by atoms with Crippen LogP contribution in [0.5, 0.6) is 0 Å². The van der Waals surface area contributed by atoms with Crippen molar-refractivity contribution < 1.29 is 16.8 Å². The molecule has 0 amide bonds. The fraction of sp³-hybridized carbons (Fsp3) is 0.167. The predicted octanol–water partition coefficient (Wildman–Crippen LogP) is 2.22. The highest BCUT2D eigenvalue weighted by Gasteiger charge is 2.12. The van der Waals surface area contributed by atoms with Crippen molar-refractivity contribution in [3.63, 3.8) is 0 Å². The van der Waals surface area contributed by atoms with Crippen LogP contribution in [0.15, 0.2) is 45.5 Å². The molecule has 0 radical (unpaired) electrons. The third-order valence-corrected chi connectivity index (χ3v) is 6.60. The summed E-state index contributed by atoms with van der Waals surface area (Å²) in [6, 6.07) is 9.66. The van der Waals surface area contributed by atoms with E-state index in [0.29, 0.717) is 4.21 Å². The van der Waals surface area contributed by atoms with E-state index in [1.54, 1.807) is 24.3 Å². The molecule has 0 aliphatic carbocycles. The number of thiophene rings is 1. The van der Waals surface area contributed by atoms with Gasteiger partial charge < -0.3 is 0 Å². The molecule has 0 saturated carbocycles. The fourth-order valence-electron chi connectivity index (χ4n) is 1.54. The molecule has 0 aliphatic heterocycles. The summed E-state index contributed by atoms with van der Waals surface area (Å²) in [5.41, 5.74) is 0.798. The Bertz CT molecular complexity index is 797. The quantitative estimate of drug-likeness (QED) is 0.871. The summed E-state index contributed by atoms with van der Waals surface area (Å²) in [6.07, 6.45) is 2.31. The lowest BCUT2D eigenvalue weighted by atomic mass is 10.2. The number of hydrogen-bond donors (Lipinski definition) is 0. The Balaban J connectivity index is 2.41. The summed E-state index contributed by atoms with van der Waals surface area (Å²) in [5, 5.41) is 0. The number of rotatable bonds is 3. The van der Waals surface area contributed by atoms with Crippen molar-refractivity contribution in [1.82, 2.24) is 0 Å². The van der Waals surface area contributed by atoms with Crippen LogP contribution in [0.1, 0.15) is 0 Å². The number of sulfone groups is 2. The van der Waals surface area contributed by atoms with E-state index in [9.17, 15) is 16.8 Å². The summed E-state index contributed by atoms with van der Waals surface area (Å²) in [6.45, 7) is 0. The maximum atomic E-state index is 11.4. The normalized spacial score (nSPS) is 12.5. The van der Waals surface area contributed by atoms with Crippen LogP contribution < -0.4 is 0 Å². The average Bonchev–Trinajstić information content (AvgIpc) is 2.77. The maximum absolute atomic E-state index is 11.4. The molecular weight excluding hydrogens is 304 g/mol. The highest BCUT2D eigenvalue weighted by molar-refractivity contribution is 7.92. The Labute approximate surface area is 116 Å². The van der Waals surface area contributed by atoms with Gasteiger partial charge in [-0.25, -0.2) is 16.8 Å². The summed E-state index contributed by atoms with van der Waals surface area (Å²) in [5.74, 6) is 0. The molecule has 7 heteroatoms. The molecule has 1 aromatic carbocycles. The van der Waals surface area contributed by atoms with Crippen molar-refractivity contribution in [1.29, 1.82) is 0 Å². The molecule has 1 aromatic heterocycles. The highest BCUT2D eigenvalue weighted by atomic mass is 32.2. The first-order valence-corrected chi connectivity index (χ1v) is 9.88. The van der Waals surface area contributed by atoms with Crippen LogP contribution in [-0.2, 0) is 19.7 Å². The van der Waals surface area contributed by atoms with Gasteiger partial charge in [-0.3, -0.25) is 0 Å². The fourth-order valence-corrected chi connectivity index (χ4v) is 4.10. The van der Waals surface area contributed by atoms with E-state index in [1.807, 2.05) is 0 Å². The molecule has 0 aliphatic rings. The number of hydrogen-bond acceptors (Lipinski definition) is 5. The summed E-state index contributed by atoms with van der Waals surface area (Å²) in [7, 11) is -6.41. The van der Waals surface area contributed by atoms with E-state index in [0.717, 1.165) is 23.0 Å². The van der Waals surface area contributed by atoms with Crippen molar-refractivity contribution in [2.45, 2.75) is 9.10 Å². The third kappa shape index (κ3) is 3.23. The molecular formula is C12H12O4S3. The van der Waals surface area contributed by atoms with E-state index in [2.05, 4.69) is 0 Å². The van der Waals surface area contributed by atoms with Gasteiger partial charge in [0.05, 0.1) is 4.90 Å². The van der Waals surface area contributed by atoms with Gasteiger partial charge in [-0.2, -0.15) is 0 Å². The van der Waals surface area contributed by atoms with Crippen molar-refractivity contribution in [2.24, 2.45) is 0 Å². The first-order chi connectivity index (χ1) is 8.68. The van der Waals surface area contributed by atoms with Gasteiger partial charge in [0.25, 0.3) is 0 Å². The molecule has 4 nitrogen and oxygen atoms in total. The lowest BCUT2D eigenvalue weighted by Gasteiger charge is -2.00. The SMILES string of the molecule is CS(=O)(=O)c1ccc(-c2ccc(S(C)(=O)=O)s2)cc1. The zero-order valence-electron chi connectivity index (χ0n) is 10.3. The van der Waals surface area contributed by atoms with E-state index < -0.39 is 19.7 Å². The van der Waals surface area contributed by atoms with E-state index in [1.165, 1.54) is 23.5 Å². The van der Waals surface area contributed by atoms with Crippen molar-refractivity contribution in [2.75, 3.05) is 12.5 Å². The molecule has 0 N–H and O–H groups in total. The van der Waals surface area contributed by atoms with Gasteiger partial charge >= 0.3 is 0 Å². The average molecular weight is 316 g/mol. The van der Waals surface area contributed by atoms with Crippen molar-refractivity contribution in [3.8, 4) is 10.4 Å². The Morgan fingerprint density at radius 2 is 1.37 bits per heavy atom. The third-order valence-electron chi connectivity index (χ3n) is 2.51. The molecule has 1 heterocycles. The van der Waals surface area contributed by atoms with Gasteiger partial charge in [0, 0.05) is 17.4 Å². The zero-order chi connectivity index (χ0) is 14.3. The van der Waals surface area contributed by atoms with E-state index in [-0.39, 0.29) is 4.90 Å². The second kappa shape index (κ2) is 4.73. The molecule has 0 unspecified atom stereocenters. The summed E-state index contributed by atoms with van der Waals surface area (Å²) >= 11 is 1.17. The van der Waals surface area contributed by atoms with Crippen molar-refractivity contribution >= 4 is 31.0 Å². The van der Waals surface area contributed by atoms with Gasteiger partial charge in [-0.05, 0) is 29.8 Å². The summed E-state index contributed by atoms with van der Waals surface area (Å²) < 4.78 is 45.8. The second-order valence-corrected chi connectivity index (χ2v) is 9.53. The van der Waals surface area contributed by atoms with Gasteiger partial charge in [-0.15, -0.1) is 11.3 Å². The van der Waals surface area contributed by atoms with E-state index >= 15 is 0 Å². The molecule has 19 heavy (non-hydrogen) atoms. The van der Waals surface area contributed by atoms with Crippen LogP contribution in [0.3, 0.4) is 0 Å². The van der Waals surface area contributed by atoms with Gasteiger partial charge in [0.15, 0.2) is 19.7 Å². The van der Waals surface area contributed by atoms with E-state index in [4.69, 9.17) is 0 Å². The molecule has 0 saturated heterocycles. The van der Waals surface area contributed by atoms with Gasteiger partial charge in [0.1, 0.15) is 4.21 Å². The molecule has 102 valence electrons. The first-order valence-electron chi connectivity index (χ1n) is 5.28. The number of benzene rings is 1. The first kappa shape index (κ1) is 14.2. The summed E-state index contributed by atoms with van der Waals surface area (Å²) in [4.78, 5) is 1.04. The monoisotopic (exact) mass is 316 g/mol. The van der Waals surface area contributed by atoms with Crippen molar-refractivity contribution in [3.05, 3.63) is 36.4 Å². The molecule has 0 bridgehead atoms.